The molecule has 0 spiro atoms. The minimum Gasteiger partial charge on any atom is -0.325 e. The number of amides is 1. The van der Waals surface area contributed by atoms with Crippen molar-refractivity contribution in [2.45, 2.75) is 11.9 Å². The van der Waals surface area contributed by atoms with E-state index in [1.165, 1.54) is 18.0 Å². The molecule has 104 valence electrons. The molecule has 0 saturated heterocycles. The molecule has 0 bridgehead atoms. The number of hydrogen-bond donors (Lipinski definition) is 2. The van der Waals surface area contributed by atoms with E-state index in [9.17, 15) is 9.59 Å². The molecular formula is C13H12BrN3O2S. The van der Waals surface area contributed by atoms with Crippen molar-refractivity contribution in [1.82, 2.24) is 9.97 Å². The molecule has 2 aromatic rings. The van der Waals surface area contributed by atoms with Gasteiger partial charge < -0.3 is 10.3 Å². The Morgan fingerprint density at radius 3 is 2.80 bits per heavy atom. The van der Waals surface area contributed by atoms with Crippen LogP contribution >= 0.6 is 27.7 Å². The van der Waals surface area contributed by atoms with Crippen molar-refractivity contribution in [2.24, 2.45) is 0 Å². The van der Waals surface area contributed by atoms with E-state index >= 15 is 0 Å². The van der Waals surface area contributed by atoms with E-state index in [-0.39, 0.29) is 11.7 Å². The normalized spacial score (nSPS) is 10.3. The highest BCUT2D eigenvalue weighted by molar-refractivity contribution is 9.10. The van der Waals surface area contributed by atoms with Crippen LogP contribution in [0.5, 0.6) is 0 Å². The molecule has 2 N–H and O–H groups in total. The van der Waals surface area contributed by atoms with Gasteiger partial charge in [0.05, 0.1) is 10.8 Å². The summed E-state index contributed by atoms with van der Waals surface area (Å²) in [5.74, 6) is 0.0889. The summed E-state index contributed by atoms with van der Waals surface area (Å²) < 4.78 is 0.954. The first kappa shape index (κ1) is 14.8. The fourth-order valence-corrected chi connectivity index (χ4v) is 2.51. The van der Waals surface area contributed by atoms with Gasteiger partial charge in [-0.25, -0.2) is 9.78 Å². The molecule has 0 atom stereocenters. The van der Waals surface area contributed by atoms with Gasteiger partial charge in [0.1, 0.15) is 0 Å². The van der Waals surface area contributed by atoms with Crippen molar-refractivity contribution in [3.8, 4) is 0 Å². The molecule has 0 radical (unpaired) electrons. The third kappa shape index (κ3) is 4.21. The highest BCUT2D eigenvalue weighted by Crippen LogP contribution is 2.18. The van der Waals surface area contributed by atoms with Crippen molar-refractivity contribution in [3.63, 3.8) is 0 Å². The molecule has 2 rings (SSSR count). The summed E-state index contributed by atoms with van der Waals surface area (Å²) in [5.41, 5.74) is 1.16. The van der Waals surface area contributed by atoms with E-state index in [1.807, 2.05) is 31.2 Å². The van der Waals surface area contributed by atoms with Crippen LogP contribution in [0.2, 0.25) is 0 Å². The highest BCUT2D eigenvalue weighted by Gasteiger charge is 2.06. The van der Waals surface area contributed by atoms with Gasteiger partial charge in [-0.05, 0) is 36.8 Å². The van der Waals surface area contributed by atoms with E-state index in [0.29, 0.717) is 5.03 Å². The molecule has 0 saturated carbocycles. The first-order valence-electron chi connectivity index (χ1n) is 5.79. The van der Waals surface area contributed by atoms with Crippen LogP contribution in [0.3, 0.4) is 0 Å². The summed E-state index contributed by atoms with van der Waals surface area (Å²) >= 11 is 4.61. The molecule has 1 heterocycles. The molecule has 1 aromatic heterocycles. The summed E-state index contributed by atoms with van der Waals surface area (Å²) in [4.78, 5) is 29.2. The van der Waals surface area contributed by atoms with Crippen molar-refractivity contribution in [1.29, 1.82) is 0 Å². The van der Waals surface area contributed by atoms with E-state index < -0.39 is 5.69 Å². The number of anilines is 1. The number of benzene rings is 1. The van der Waals surface area contributed by atoms with E-state index in [2.05, 4.69) is 31.2 Å². The Morgan fingerprint density at radius 1 is 1.40 bits per heavy atom. The topological polar surface area (TPSA) is 74.8 Å². The fourth-order valence-electron chi connectivity index (χ4n) is 1.46. The maximum absolute atomic E-state index is 11.8. The Kier molecular flexibility index (Phi) is 4.97. The van der Waals surface area contributed by atoms with Crippen molar-refractivity contribution in [3.05, 3.63) is 51.0 Å². The molecule has 0 unspecified atom stereocenters. The number of nitrogens with one attached hydrogen (secondary N) is 2. The second kappa shape index (κ2) is 6.71. The van der Waals surface area contributed by atoms with Gasteiger partial charge in [0, 0.05) is 16.4 Å². The maximum atomic E-state index is 11.8. The molecule has 0 aliphatic rings. The minimum absolute atomic E-state index is 0.130. The van der Waals surface area contributed by atoms with Gasteiger partial charge in [-0.3, -0.25) is 4.79 Å². The molecular weight excluding hydrogens is 342 g/mol. The predicted octanol–water partition coefficient (Wildman–Crippen LogP) is 2.57. The zero-order valence-electron chi connectivity index (χ0n) is 10.6. The first-order chi connectivity index (χ1) is 9.54. The number of halogens is 1. The number of thioether (sulfide) groups is 1. The number of hydrogen-bond acceptors (Lipinski definition) is 4. The van der Waals surface area contributed by atoms with Gasteiger partial charge in [-0.15, -0.1) is 0 Å². The summed E-state index contributed by atoms with van der Waals surface area (Å²) in [6, 6.07) is 7.33. The maximum Gasteiger partial charge on any atom is 0.345 e. The number of rotatable bonds is 4. The Labute approximate surface area is 128 Å². The second-order valence-electron chi connectivity index (χ2n) is 4.04. The van der Waals surface area contributed by atoms with Crippen LogP contribution < -0.4 is 11.0 Å². The first-order valence-corrected chi connectivity index (χ1v) is 7.56. The number of aromatic nitrogens is 2. The van der Waals surface area contributed by atoms with Gasteiger partial charge in [0.15, 0.2) is 0 Å². The average molecular weight is 354 g/mol. The van der Waals surface area contributed by atoms with Crippen molar-refractivity contribution >= 4 is 39.3 Å². The zero-order chi connectivity index (χ0) is 14.5. The minimum atomic E-state index is -0.411. The Hall–Kier alpha value is -1.60. The molecule has 0 aliphatic heterocycles. The van der Waals surface area contributed by atoms with Crippen LogP contribution in [0.1, 0.15) is 5.56 Å². The Balaban J connectivity index is 1.93. The van der Waals surface area contributed by atoms with Crippen LogP contribution in [-0.2, 0) is 4.79 Å². The van der Waals surface area contributed by atoms with E-state index in [1.54, 1.807) is 0 Å². The lowest BCUT2D eigenvalue weighted by Crippen LogP contribution is -2.16. The van der Waals surface area contributed by atoms with Crippen LogP contribution in [0, 0.1) is 6.92 Å². The summed E-state index contributed by atoms with van der Waals surface area (Å²) in [6.45, 7) is 1.83. The second-order valence-corrected chi connectivity index (χ2v) is 5.95. The molecule has 7 heteroatoms. The number of nitrogens with zero attached hydrogens (tertiary/aromatic N) is 1. The molecule has 1 amide bonds. The average Bonchev–Trinajstić information content (AvgIpc) is 2.42. The third-order valence-corrected chi connectivity index (χ3v) is 4.08. The summed E-state index contributed by atoms with van der Waals surface area (Å²) in [7, 11) is 0. The predicted molar refractivity (Wildman–Crippen MR) is 83.1 cm³/mol. The van der Waals surface area contributed by atoms with Crippen LogP contribution in [0.4, 0.5) is 5.69 Å². The summed E-state index contributed by atoms with van der Waals surface area (Å²) in [6.07, 6.45) is 1.49. The smallest absolute Gasteiger partial charge is 0.325 e. The third-order valence-electron chi connectivity index (χ3n) is 2.43. The number of H-pyrrole nitrogens is 1. The summed E-state index contributed by atoms with van der Waals surface area (Å²) in [5, 5.41) is 3.45. The lowest BCUT2D eigenvalue weighted by Gasteiger charge is -2.06. The molecule has 0 fully saturated rings. The van der Waals surface area contributed by atoms with Gasteiger partial charge >= 0.3 is 5.69 Å². The largest absolute Gasteiger partial charge is 0.345 e. The van der Waals surface area contributed by atoms with Gasteiger partial charge in [-0.2, -0.15) is 0 Å². The lowest BCUT2D eigenvalue weighted by atomic mass is 10.3. The van der Waals surface area contributed by atoms with Gasteiger partial charge in [0.2, 0.25) is 5.91 Å². The fraction of sp³-hybridized carbons (Fsp3) is 0.154. The van der Waals surface area contributed by atoms with Gasteiger partial charge in [0.25, 0.3) is 0 Å². The standard InChI is InChI=1S/C13H12BrN3O2S/c1-8-6-15-13(19)17-12(8)20-7-11(18)16-10-4-2-9(14)3-5-10/h2-6H,7H2,1H3,(H,16,18)(H,15,17,19). The van der Waals surface area contributed by atoms with Crippen molar-refractivity contribution in [2.75, 3.05) is 11.1 Å². The SMILES string of the molecule is Cc1cnc(=O)[nH]c1SCC(=O)Nc1ccc(Br)cc1. The Morgan fingerprint density at radius 2 is 2.10 bits per heavy atom. The van der Waals surface area contributed by atoms with Crippen LogP contribution in [0.25, 0.3) is 0 Å². The number of carbonyl (C=O) groups excluding carboxylic acids is 1. The van der Waals surface area contributed by atoms with Crippen molar-refractivity contribution < 1.29 is 4.79 Å². The Bertz CT molecular complexity index is 670. The molecule has 0 aliphatic carbocycles. The quantitative estimate of drug-likeness (QED) is 0.654. The lowest BCUT2D eigenvalue weighted by molar-refractivity contribution is -0.113. The molecule has 20 heavy (non-hydrogen) atoms. The number of aromatic amines is 1. The highest BCUT2D eigenvalue weighted by atomic mass is 79.9. The molecule has 5 nitrogen and oxygen atoms in total. The zero-order valence-corrected chi connectivity index (χ0v) is 13.0. The van der Waals surface area contributed by atoms with E-state index in [4.69, 9.17) is 0 Å². The molecule has 1 aromatic carbocycles. The van der Waals surface area contributed by atoms with Crippen LogP contribution in [-0.4, -0.2) is 21.6 Å². The van der Waals surface area contributed by atoms with Crippen LogP contribution in [0.15, 0.2) is 44.8 Å². The van der Waals surface area contributed by atoms with E-state index in [0.717, 1.165) is 15.7 Å². The van der Waals surface area contributed by atoms with Gasteiger partial charge in [-0.1, -0.05) is 27.7 Å². The number of aryl methyl sites for hydroxylation is 1. The number of carbonyl (C=O) groups is 1. The monoisotopic (exact) mass is 353 g/mol.